The molecule has 104 valence electrons. The van der Waals surface area contributed by atoms with Crippen molar-refractivity contribution in [1.29, 1.82) is 0 Å². The van der Waals surface area contributed by atoms with Gasteiger partial charge in [-0.05, 0) is 37.8 Å². The monoisotopic (exact) mass is 265 g/mol. The number of nitrogens with one attached hydrogen (secondary N) is 1. The number of para-hydroxylation sites is 1. The molecular weight excluding hydrogens is 246 g/mol. The van der Waals surface area contributed by atoms with Crippen molar-refractivity contribution in [3.8, 4) is 11.5 Å². The van der Waals surface area contributed by atoms with E-state index in [9.17, 15) is 15.0 Å². The van der Waals surface area contributed by atoms with Crippen molar-refractivity contribution >= 4 is 5.91 Å². The van der Waals surface area contributed by atoms with Crippen LogP contribution >= 0.6 is 0 Å². The average Bonchev–Trinajstić information content (AvgIpc) is 2.43. The van der Waals surface area contributed by atoms with Gasteiger partial charge in [-0.1, -0.05) is 6.07 Å². The minimum absolute atomic E-state index is 0.0876. The minimum atomic E-state index is -0.385. The number of amides is 1. The molecule has 0 saturated carbocycles. The molecular formula is C14H19NO4. The number of hydrogen-bond donors (Lipinski definition) is 3. The van der Waals surface area contributed by atoms with E-state index < -0.39 is 0 Å². The molecule has 1 aliphatic heterocycles. The van der Waals surface area contributed by atoms with Gasteiger partial charge in [0.2, 0.25) is 0 Å². The first kappa shape index (κ1) is 13.7. The van der Waals surface area contributed by atoms with Gasteiger partial charge in [0, 0.05) is 13.2 Å². The first-order chi connectivity index (χ1) is 9.18. The van der Waals surface area contributed by atoms with Crippen molar-refractivity contribution in [2.24, 2.45) is 0 Å². The summed E-state index contributed by atoms with van der Waals surface area (Å²) in [5, 5.41) is 21.6. The molecule has 0 spiro atoms. The first-order valence-corrected chi connectivity index (χ1v) is 6.59. The summed E-state index contributed by atoms with van der Waals surface area (Å²) in [4.78, 5) is 11.8. The van der Waals surface area contributed by atoms with E-state index in [1.807, 2.05) is 0 Å². The fourth-order valence-electron chi connectivity index (χ4n) is 2.19. The number of phenolic OH excluding ortho intramolecular Hbond substituents is 2. The van der Waals surface area contributed by atoms with Crippen molar-refractivity contribution in [2.45, 2.75) is 31.8 Å². The molecule has 1 fully saturated rings. The highest BCUT2D eigenvalue weighted by Crippen LogP contribution is 2.27. The Hall–Kier alpha value is -1.75. The maximum absolute atomic E-state index is 11.8. The van der Waals surface area contributed by atoms with Gasteiger partial charge in [0.25, 0.3) is 5.91 Å². The van der Waals surface area contributed by atoms with Gasteiger partial charge in [0.1, 0.15) is 0 Å². The largest absolute Gasteiger partial charge is 0.504 e. The van der Waals surface area contributed by atoms with E-state index >= 15 is 0 Å². The van der Waals surface area contributed by atoms with Gasteiger partial charge < -0.3 is 20.3 Å². The van der Waals surface area contributed by atoms with E-state index in [2.05, 4.69) is 5.32 Å². The van der Waals surface area contributed by atoms with Crippen LogP contribution in [0.25, 0.3) is 0 Å². The molecule has 5 heteroatoms. The summed E-state index contributed by atoms with van der Waals surface area (Å²) in [5.41, 5.74) is 0.0876. The second kappa shape index (κ2) is 6.43. The van der Waals surface area contributed by atoms with Gasteiger partial charge in [-0.3, -0.25) is 4.79 Å². The van der Waals surface area contributed by atoms with Crippen LogP contribution in [0.1, 0.15) is 36.0 Å². The van der Waals surface area contributed by atoms with Crippen molar-refractivity contribution in [2.75, 3.05) is 13.2 Å². The summed E-state index contributed by atoms with van der Waals surface area (Å²) >= 11 is 0. The molecule has 0 bridgehead atoms. The van der Waals surface area contributed by atoms with Crippen molar-refractivity contribution < 1.29 is 19.7 Å². The van der Waals surface area contributed by atoms with Crippen LogP contribution in [-0.4, -0.2) is 35.4 Å². The lowest BCUT2D eigenvalue weighted by atomic mass is 10.1. The Balaban J connectivity index is 1.82. The molecule has 0 aliphatic carbocycles. The lowest BCUT2D eigenvalue weighted by Gasteiger charge is -2.22. The quantitative estimate of drug-likeness (QED) is 0.725. The van der Waals surface area contributed by atoms with Crippen LogP contribution in [0, 0.1) is 0 Å². The Labute approximate surface area is 112 Å². The smallest absolute Gasteiger partial charge is 0.255 e. The fraction of sp³-hybridized carbons (Fsp3) is 0.500. The van der Waals surface area contributed by atoms with Crippen LogP contribution in [0.5, 0.6) is 11.5 Å². The lowest BCUT2D eigenvalue weighted by Crippen LogP contribution is -2.29. The number of carbonyl (C=O) groups excluding carboxylic acids is 1. The summed E-state index contributed by atoms with van der Waals surface area (Å²) in [6, 6.07) is 4.33. The van der Waals surface area contributed by atoms with Gasteiger partial charge in [-0.25, -0.2) is 0 Å². The topological polar surface area (TPSA) is 78.8 Å². The Morgan fingerprint density at radius 3 is 2.95 bits per heavy atom. The molecule has 3 N–H and O–H groups in total. The van der Waals surface area contributed by atoms with Gasteiger partial charge >= 0.3 is 0 Å². The number of benzene rings is 1. The standard InChI is InChI=1S/C14H19NO4/c16-12-6-3-5-11(13(12)17)14(18)15-8-7-10-4-1-2-9-19-10/h3,5-6,10,16-17H,1-2,4,7-9H2,(H,15,18). The molecule has 19 heavy (non-hydrogen) atoms. The Morgan fingerprint density at radius 1 is 1.37 bits per heavy atom. The third-order valence-corrected chi connectivity index (χ3v) is 3.29. The number of hydrogen-bond acceptors (Lipinski definition) is 4. The molecule has 1 aliphatic rings. The third kappa shape index (κ3) is 3.61. The molecule has 0 radical (unpaired) electrons. The second-order valence-electron chi connectivity index (χ2n) is 4.71. The SMILES string of the molecule is O=C(NCCC1CCCCO1)c1cccc(O)c1O. The van der Waals surface area contributed by atoms with E-state index in [0.717, 1.165) is 25.9 Å². The van der Waals surface area contributed by atoms with E-state index in [0.29, 0.717) is 6.54 Å². The summed E-state index contributed by atoms with van der Waals surface area (Å²) < 4.78 is 5.57. The molecule has 1 heterocycles. The van der Waals surface area contributed by atoms with Crippen LogP contribution in [0.4, 0.5) is 0 Å². The minimum Gasteiger partial charge on any atom is -0.504 e. The van der Waals surface area contributed by atoms with Crippen LogP contribution in [-0.2, 0) is 4.74 Å². The van der Waals surface area contributed by atoms with Crippen molar-refractivity contribution in [1.82, 2.24) is 5.32 Å². The Bertz CT molecular complexity index is 441. The van der Waals surface area contributed by atoms with Crippen LogP contribution in [0.15, 0.2) is 18.2 Å². The molecule has 1 amide bonds. The lowest BCUT2D eigenvalue weighted by molar-refractivity contribution is 0.0117. The first-order valence-electron chi connectivity index (χ1n) is 6.59. The van der Waals surface area contributed by atoms with Gasteiger partial charge in [0.15, 0.2) is 11.5 Å². The third-order valence-electron chi connectivity index (χ3n) is 3.29. The van der Waals surface area contributed by atoms with Gasteiger partial charge in [0.05, 0.1) is 11.7 Å². The summed E-state index contributed by atoms with van der Waals surface area (Å²) in [7, 11) is 0. The number of phenols is 2. The summed E-state index contributed by atoms with van der Waals surface area (Å²) in [6.45, 7) is 1.30. The van der Waals surface area contributed by atoms with Crippen LogP contribution < -0.4 is 5.32 Å². The summed E-state index contributed by atoms with van der Waals surface area (Å²) in [5.74, 6) is -1.05. The second-order valence-corrected chi connectivity index (χ2v) is 4.71. The molecule has 0 aromatic heterocycles. The highest BCUT2D eigenvalue weighted by atomic mass is 16.5. The maximum atomic E-state index is 11.8. The predicted octanol–water partition coefficient (Wildman–Crippen LogP) is 1.79. The molecule has 2 rings (SSSR count). The van der Waals surface area contributed by atoms with Gasteiger partial charge in [-0.2, -0.15) is 0 Å². The zero-order valence-electron chi connectivity index (χ0n) is 10.8. The fourth-order valence-corrected chi connectivity index (χ4v) is 2.19. The van der Waals surface area contributed by atoms with E-state index in [1.54, 1.807) is 0 Å². The molecule has 1 aromatic rings. The van der Waals surface area contributed by atoms with Crippen LogP contribution in [0.2, 0.25) is 0 Å². The highest BCUT2D eigenvalue weighted by Gasteiger charge is 2.16. The van der Waals surface area contributed by atoms with E-state index in [4.69, 9.17) is 4.74 Å². The van der Waals surface area contributed by atoms with Crippen LogP contribution in [0.3, 0.4) is 0 Å². The normalized spacial score (nSPS) is 19.1. The molecule has 1 atom stereocenters. The van der Waals surface area contributed by atoms with E-state index in [-0.39, 0.29) is 29.1 Å². The summed E-state index contributed by atoms with van der Waals surface area (Å²) in [6.07, 6.45) is 4.30. The highest BCUT2D eigenvalue weighted by molar-refractivity contribution is 5.97. The van der Waals surface area contributed by atoms with Gasteiger partial charge in [-0.15, -0.1) is 0 Å². The zero-order chi connectivity index (χ0) is 13.7. The number of ether oxygens (including phenoxy) is 1. The molecule has 1 aromatic carbocycles. The number of carbonyl (C=O) groups is 1. The van der Waals surface area contributed by atoms with Crippen molar-refractivity contribution in [3.63, 3.8) is 0 Å². The molecule has 1 saturated heterocycles. The Kier molecular flexibility index (Phi) is 4.63. The maximum Gasteiger partial charge on any atom is 0.255 e. The number of aromatic hydroxyl groups is 2. The number of rotatable bonds is 4. The van der Waals surface area contributed by atoms with Crippen molar-refractivity contribution in [3.05, 3.63) is 23.8 Å². The average molecular weight is 265 g/mol. The molecule has 5 nitrogen and oxygen atoms in total. The predicted molar refractivity (Wildman–Crippen MR) is 70.3 cm³/mol. The zero-order valence-corrected chi connectivity index (χ0v) is 10.8. The van der Waals surface area contributed by atoms with E-state index in [1.165, 1.54) is 24.6 Å². The Morgan fingerprint density at radius 2 is 2.21 bits per heavy atom. The molecule has 1 unspecified atom stereocenters.